The minimum atomic E-state index is -0.948. The highest BCUT2D eigenvalue weighted by Crippen LogP contribution is 2.41. The van der Waals surface area contributed by atoms with E-state index in [-0.39, 0.29) is 48.5 Å². The first kappa shape index (κ1) is 36.8. The first-order valence-corrected chi connectivity index (χ1v) is 19.7. The van der Waals surface area contributed by atoms with Crippen LogP contribution < -0.4 is 9.64 Å². The number of nitriles is 1. The van der Waals surface area contributed by atoms with Gasteiger partial charge < -0.3 is 19.3 Å². The van der Waals surface area contributed by atoms with Crippen LogP contribution in [0, 0.1) is 29.9 Å². The number of amides is 1. The Hall–Kier alpha value is -4.84. The molecular formula is C42H45F3N8O3. The molecule has 0 aliphatic carbocycles. The number of hydrogen-bond acceptors (Lipinski definition) is 10. The number of piperazine rings is 1. The number of aryl methyl sites for hydroxylation is 1. The van der Waals surface area contributed by atoms with Crippen molar-refractivity contribution in [1.82, 2.24) is 29.7 Å². The van der Waals surface area contributed by atoms with Crippen molar-refractivity contribution in [1.29, 1.82) is 5.26 Å². The molecule has 0 spiro atoms. The lowest BCUT2D eigenvalue weighted by molar-refractivity contribution is -0.128. The lowest BCUT2D eigenvalue weighted by Gasteiger charge is -2.41. The Morgan fingerprint density at radius 2 is 1.91 bits per heavy atom. The summed E-state index contributed by atoms with van der Waals surface area (Å²) in [7, 11) is 0. The third kappa shape index (κ3) is 6.53. The van der Waals surface area contributed by atoms with Crippen molar-refractivity contribution in [2.75, 3.05) is 64.0 Å². The fraction of sp³-hybridized carbons (Fsp3) is 0.500. The summed E-state index contributed by atoms with van der Waals surface area (Å²) >= 11 is 0. The minimum absolute atomic E-state index is 0.00300. The molecule has 2 aromatic carbocycles. The Morgan fingerprint density at radius 1 is 1.07 bits per heavy atom. The van der Waals surface area contributed by atoms with Crippen LogP contribution in [-0.2, 0) is 9.53 Å². The van der Waals surface area contributed by atoms with Crippen molar-refractivity contribution in [3.8, 4) is 23.3 Å². The predicted molar refractivity (Wildman–Crippen MR) is 205 cm³/mol. The number of fused-ring (bicyclic) bond motifs is 5. The van der Waals surface area contributed by atoms with Crippen molar-refractivity contribution in [2.24, 2.45) is 0 Å². The summed E-state index contributed by atoms with van der Waals surface area (Å²) in [5, 5.41) is 11.5. The SMILES string of the molecule is Cc1c(F)ccc2c(-c3ncc4c(N5CCN(C(=O)/C=C/CN6[C@@H]7CC[C@H]6COC7)[C@@H](CC#N)C5)nc(OC[C@@]56CCCN5C[C@H](F)C6)nc4c3F)cccc12. The van der Waals surface area contributed by atoms with Crippen LogP contribution in [0.15, 0.2) is 48.7 Å². The molecule has 0 N–H and O–H groups in total. The van der Waals surface area contributed by atoms with E-state index in [1.54, 1.807) is 48.4 Å². The van der Waals surface area contributed by atoms with Gasteiger partial charge in [-0.2, -0.15) is 15.2 Å². The summed E-state index contributed by atoms with van der Waals surface area (Å²) in [5.41, 5.74) is 0.517. The van der Waals surface area contributed by atoms with E-state index in [2.05, 4.69) is 25.8 Å². The molecule has 2 bridgehead atoms. The first-order chi connectivity index (χ1) is 27.2. The average molecular weight is 767 g/mol. The second-order valence-electron chi connectivity index (χ2n) is 16.0. The van der Waals surface area contributed by atoms with Crippen LogP contribution in [0.5, 0.6) is 6.01 Å². The molecule has 292 valence electrons. The smallest absolute Gasteiger partial charge is 0.319 e. The highest BCUT2D eigenvalue weighted by atomic mass is 19.1. The first-order valence-electron chi connectivity index (χ1n) is 19.7. The highest BCUT2D eigenvalue weighted by molar-refractivity contribution is 6.00. The van der Waals surface area contributed by atoms with E-state index < -0.39 is 23.6 Å². The molecule has 4 aromatic rings. The number of hydrogen-bond donors (Lipinski definition) is 0. The Kier molecular flexibility index (Phi) is 9.79. The number of morpholine rings is 1. The van der Waals surface area contributed by atoms with Crippen LogP contribution >= 0.6 is 0 Å². The van der Waals surface area contributed by atoms with E-state index in [9.17, 15) is 18.8 Å². The third-order valence-electron chi connectivity index (χ3n) is 12.8. The Morgan fingerprint density at radius 3 is 2.73 bits per heavy atom. The van der Waals surface area contributed by atoms with Crippen molar-refractivity contribution >= 4 is 33.4 Å². The maximum Gasteiger partial charge on any atom is 0.319 e. The van der Waals surface area contributed by atoms with Crippen LogP contribution in [-0.4, -0.2) is 124 Å². The largest absolute Gasteiger partial charge is 0.461 e. The number of aromatic nitrogens is 3. The summed E-state index contributed by atoms with van der Waals surface area (Å²) in [6, 6.07) is 10.8. The third-order valence-corrected chi connectivity index (χ3v) is 12.8. The van der Waals surface area contributed by atoms with E-state index in [4.69, 9.17) is 14.5 Å². The molecule has 5 fully saturated rings. The molecule has 14 heteroatoms. The number of alkyl halides is 1. The fourth-order valence-corrected chi connectivity index (χ4v) is 9.85. The Labute approximate surface area is 323 Å². The molecule has 5 atom stereocenters. The molecule has 5 saturated heterocycles. The zero-order chi connectivity index (χ0) is 38.6. The van der Waals surface area contributed by atoms with Gasteiger partial charge in [0.25, 0.3) is 0 Å². The summed E-state index contributed by atoms with van der Waals surface area (Å²) in [6.45, 7) is 6.05. The number of rotatable bonds is 9. The standard InChI is InChI=1S/C42H45F3N8O3/c1-26-31-5-2-6-33(32(31)10-11-35(26)44)38-37(45)39-34(20-47-38)40(49-41(48-39)56-25-42-13-4-15-51(42)21-27(43)19-42)50-17-18-53(28(22-50)12-14-46)36(54)7-3-16-52-29-8-9-30(52)24-55-23-29/h2-3,5-7,10-11,20,27-30H,4,8-9,12-13,15-19,21-25H2,1H3/b7-3+/t27-,28+,29-,30+,42+/m1/s1. The van der Waals surface area contributed by atoms with Crippen LogP contribution in [0.4, 0.5) is 19.0 Å². The maximum absolute atomic E-state index is 17.0. The molecular weight excluding hydrogens is 722 g/mol. The summed E-state index contributed by atoms with van der Waals surface area (Å²) in [5.74, 6) is -0.817. The second kappa shape index (κ2) is 14.9. The Bertz CT molecular complexity index is 2230. The monoisotopic (exact) mass is 766 g/mol. The maximum atomic E-state index is 17.0. The van der Waals surface area contributed by atoms with Gasteiger partial charge in [-0.3, -0.25) is 19.6 Å². The van der Waals surface area contributed by atoms with Crippen molar-refractivity contribution in [3.05, 3.63) is 65.9 Å². The molecule has 0 radical (unpaired) electrons. The molecule has 1 amide bonds. The van der Waals surface area contributed by atoms with Gasteiger partial charge in [-0.1, -0.05) is 30.3 Å². The van der Waals surface area contributed by atoms with Gasteiger partial charge in [-0.15, -0.1) is 0 Å². The van der Waals surface area contributed by atoms with E-state index >= 15 is 4.39 Å². The van der Waals surface area contributed by atoms with Gasteiger partial charge in [-0.05, 0) is 61.6 Å². The number of ether oxygens (including phenoxy) is 2. The molecule has 9 rings (SSSR count). The molecule has 56 heavy (non-hydrogen) atoms. The number of carbonyl (C=O) groups excluding carboxylic acids is 1. The molecule has 7 heterocycles. The zero-order valence-corrected chi connectivity index (χ0v) is 31.5. The lowest BCUT2D eigenvalue weighted by atomic mass is 9.95. The average Bonchev–Trinajstić information content (AvgIpc) is 3.80. The van der Waals surface area contributed by atoms with Crippen LogP contribution in [0.25, 0.3) is 32.9 Å². The summed E-state index contributed by atoms with van der Waals surface area (Å²) in [6.07, 6.45) is 8.49. The number of pyridine rings is 1. The van der Waals surface area contributed by atoms with E-state index in [1.807, 2.05) is 11.0 Å². The normalized spacial score (nSPS) is 26.8. The second-order valence-corrected chi connectivity index (χ2v) is 16.0. The van der Waals surface area contributed by atoms with Crippen molar-refractivity contribution < 1.29 is 27.4 Å². The number of anilines is 1. The quantitative estimate of drug-likeness (QED) is 0.196. The predicted octanol–water partition coefficient (Wildman–Crippen LogP) is 5.74. The number of benzene rings is 2. The Balaban J connectivity index is 1.04. The molecule has 0 saturated carbocycles. The zero-order valence-electron chi connectivity index (χ0n) is 31.5. The van der Waals surface area contributed by atoms with Gasteiger partial charge >= 0.3 is 6.01 Å². The molecule has 5 aliphatic rings. The van der Waals surface area contributed by atoms with Crippen LogP contribution in [0.3, 0.4) is 0 Å². The van der Waals surface area contributed by atoms with E-state index in [0.717, 1.165) is 45.4 Å². The van der Waals surface area contributed by atoms with E-state index in [0.29, 0.717) is 77.8 Å². The highest BCUT2D eigenvalue weighted by Gasteiger charge is 2.49. The van der Waals surface area contributed by atoms with Crippen LogP contribution in [0.1, 0.15) is 44.1 Å². The number of nitrogens with zero attached hydrogens (tertiary/aromatic N) is 8. The van der Waals surface area contributed by atoms with Gasteiger partial charge in [0.15, 0.2) is 5.82 Å². The molecule has 11 nitrogen and oxygen atoms in total. The van der Waals surface area contributed by atoms with Gasteiger partial charge in [-0.25, -0.2) is 13.2 Å². The van der Waals surface area contributed by atoms with Crippen LogP contribution in [0.2, 0.25) is 0 Å². The van der Waals surface area contributed by atoms with Gasteiger partial charge in [0.2, 0.25) is 5.91 Å². The topological polar surface area (TPSA) is 111 Å². The number of carbonyl (C=O) groups is 1. The summed E-state index contributed by atoms with van der Waals surface area (Å²) < 4.78 is 58.2. The van der Waals surface area contributed by atoms with Gasteiger partial charge in [0.1, 0.15) is 35.6 Å². The van der Waals surface area contributed by atoms with E-state index in [1.165, 1.54) is 6.07 Å². The van der Waals surface area contributed by atoms with Gasteiger partial charge in [0.05, 0.1) is 42.7 Å². The minimum Gasteiger partial charge on any atom is -0.461 e. The molecule has 2 aromatic heterocycles. The molecule has 5 aliphatic heterocycles. The van der Waals surface area contributed by atoms with Crippen molar-refractivity contribution in [2.45, 2.75) is 75.3 Å². The fourth-order valence-electron chi connectivity index (χ4n) is 9.85. The van der Waals surface area contributed by atoms with Gasteiger partial charge in [0, 0.05) is 69.1 Å². The number of halogens is 3. The molecule has 0 unspecified atom stereocenters. The lowest BCUT2D eigenvalue weighted by Crippen LogP contribution is -2.55. The van der Waals surface area contributed by atoms with Crippen molar-refractivity contribution in [3.63, 3.8) is 0 Å². The summed E-state index contributed by atoms with van der Waals surface area (Å²) in [4.78, 5) is 35.9.